The monoisotopic (exact) mass is 865 g/mol. The van der Waals surface area contributed by atoms with E-state index in [-0.39, 0.29) is 0 Å². The van der Waals surface area contributed by atoms with Gasteiger partial charge in [0.05, 0.1) is 22.1 Å². The highest BCUT2D eigenvalue weighted by atomic mass is 15.0. The molecule has 0 fully saturated rings. The van der Waals surface area contributed by atoms with Crippen LogP contribution >= 0.6 is 0 Å². The van der Waals surface area contributed by atoms with Gasteiger partial charge in [-0.05, 0) is 154 Å². The zero-order valence-electron chi connectivity index (χ0n) is 36.3. The van der Waals surface area contributed by atoms with Crippen LogP contribution in [0, 0.1) is 0 Å². The average molecular weight is 866 g/mol. The fraction of sp³-hybridized carbons (Fsp3) is 0. The minimum absolute atomic E-state index is 0.564. The van der Waals surface area contributed by atoms with Crippen LogP contribution in [0.1, 0.15) is 0 Å². The molecule has 0 amide bonds. The fourth-order valence-corrected chi connectivity index (χ4v) is 10.2. The van der Waals surface area contributed by atoms with Crippen LogP contribution in [0.25, 0.3) is 143 Å². The lowest BCUT2D eigenvalue weighted by molar-refractivity contribution is 1.08. The third kappa shape index (κ3) is 6.32. The van der Waals surface area contributed by atoms with E-state index in [9.17, 15) is 0 Å². The van der Waals surface area contributed by atoms with Crippen LogP contribution in [-0.2, 0) is 0 Å². The lowest BCUT2D eigenvalue weighted by Crippen LogP contribution is -2.01. The number of fused-ring (bicyclic) bond motifs is 8. The molecule has 68 heavy (non-hydrogen) atoms. The first kappa shape index (κ1) is 38.0. The van der Waals surface area contributed by atoms with Crippen LogP contribution in [0.15, 0.2) is 213 Å². The first-order chi connectivity index (χ1) is 33.6. The maximum atomic E-state index is 5.42. The predicted molar refractivity (Wildman–Crippen MR) is 278 cm³/mol. The van der Waals surface area contributed by atoms with Gasteiger partial charge in [-0.25, -0.2) is 15.0 Å². The summed E-state index contributed by atoms with van der Waals surface area (Å²) in [5, 5.41) is 13.6. The lowest BCUT2D eigenvalue weighted by Gasteiger charge is -2.18. The highest BCUT2D eigenvalue weighted by Gasteiger charge is 2.20. The van der Waals surface area contributed by atoms with Crippen molar-refractivity contribution in [3.05, 3.63) is 213 Å². The Bertz CT molecular complexity index is 4030. The standard InChI is InChI=1S/C61H35N7/c1-5-13-49-38(9-1)25-39-10-2-6-14-50(39)57(49)46-29-47(58-51-15-7-3-11-40(51)26-41-12-4-8-16-52(41)58)31-48(30-46)61-67-59(42-19-17-36-32-53-55(34-44(36)27-42)64-23-21-62-53)66-60(68-61)43-20-18-37-33-54-56(35-45(37)28-43)65-24-22-63-54/h1-35H. The topological polar surface area (TPSA) is 90.2 Å². The number of hydrogen-bond acceptors (Lipinski definition) is 7. The van der Waals surface area contributed by atoms with E-state index in [1.54, 1.807) is 24.8 Å². The van der Waals surface area contributed by atoms with Crippen LogP contribution in [0.5, 0.6) is 0 Å². The molecule has 3 aromatic heterocycles. The second-order valence-electron chi connectivity index (χ2n) is 17.4. The quantitative estimate of drug-likeness (QED) is 0.159. The molecule has 0 saturated carbocycles. The van der Waals surface area contributed by atoms with Gasteiger partial charge in [0.15, 0.2) is 17.5 Å². The summed E-state index contributed by atoms with van der Waals surface area (Å²) >= 11 is 0. The first-order valence-corrected chi connectivity index (χ1v) is 22.7. The minimum atomic E-state index is 0.564. The second-order valence-corrected chi connectivity index (χ2v) is 17.4. The van der Waals surface area contributed by atoms with E-state index in [4.69, 9.17) is 15.0 Å². The van der Waals surface area contributed by atoms with Gasteiger partial charge in [-0.2, -0.15) is 0 Å². The van der Waals surface area contributed by atoms with Crippen molar-refractivity contribution in [2.24, 2.45) is 0 Å². The molecule has 0 aliphatic carbocycles. The summed E-state index contributed by atoms with van der Waals surface area (Å²) in [5.41, 5.74) is 10.4. The van der Waals surface area contributed by atoms with E-state index >= 15 is 0 Å². The molecular formula is C61H35N7. The molecular weight excluding hydrogens is 831 g/mol. The van der Waals surface area contributed by atoms with Gasteiger partial charge >= 0.3 is 0 Å². The molecule has 0 aliphatic heterocycles. The molecule has 0 aliphatic rings. The summed E-state index contributed by atoms with van der Waals surface area (Å²) in [6.07, 6.45) is 6.91. The molecule has 0 spiro atoms. The predicted octanol–water partition coefficient (Wildman–Crippen LogP) is 15.0. The van der Waals surface area contributed by atoms with Crippen LogP contribution in [0.4, 0.5) is 0 Å². The van der Waals surface area contributed by atoms with E-state index in [1.165, 1.54) is 43.1 Å². The van der Waals surface area contributed by atoms with Crippen molar-refractivity contribution >= 4 is 86.7 Å². The Morgan fingerprint density at radius 1 is 0.221 bits per heavy atom. The number of nitrogens with zero attached hydrogens (tertiary/aromatic N) is 7. The number of benzene rings is 11. The molecule has 7 heteroatoms. The van der Waals surface area contributed by atoms with Crippen molar-refractivity contribution in [1.82, 2.24) is 34.9 Å². The van der Waals surface area contributed by atoms with Gasteiger partial charge in [-0.1, -0.05) is 121 Å². The number of aromatic nitrogens is 7. The van der Waals surface area contributed by atoms with Crippen molar-refractivity contribution in [3.63, 3.8) is 0 Å². The summed E-state index contributed by atoms with van der Waals surface area (Å²) in [6, 6.07) is 67.2. The molecule has 3 heterocycles. The molecule has 14 rings (SSSR count). The van der Waals surface area contributed by atoms with E-state index in [2.05, 4.69) is 208 Å². The van der Waals surface area contributed by atoms with E-state index < -0.39 is 0 Å². The van der Waals surface area contributed by atoms with Crippen LogP contribution in [0.3, 0.4) is 0 Å². The van der Waals surface area contributed by atoms with Gasteiger partial charge in [0.1, 0.15) is 0 Å². The fourth-order valence-electron chi connectivity index (χ4n) is 10.2. The largest absolute Gasteiger partial charge is 0.253 e. The Morgan fingerprint density at radius 3 is 0.926 bits per heavy atom. The van der Waals surface area contributed by atoms with Gasteiger partial charge in [0, 0.05) is 41.5 Å². The molecule has 14 aromatic rings. The highest BCUT2D eigenvalue weighted by molar-refractivity contribution is 6.16. The molecule has 0 atom stereocenters. The Balaban J connectivity index is 1.07. The highest BCUT2D eigenvalue weighted by Crippen LogP contribution is 2.44. The lowest BCUT2D eigenvalue weighted by atomic mass is 9.87. The van der Waals surface area contributed by atoms with Crippen molar-refractivity contribution < 1.29 is 0 Å². The number of hydrogen-bond donors (Lipinski definition) is 0. The molecule has 7 nitrogen and oxygen atoms in total. The summed E-state index contributed by atoms with van der Waals surface area (Å²) in [7, 11) is 0. The van der Waals surface area contributed by atoms with Crippen molar-refractivity contribution in [2.45, 2.75) is 0 Å². The van der Waals surface area contributed by atoms with E-state index in [0.29, 0.717) is 17.5 Å². The van der Waals surface area contributed by atoms with Crippen LogP contribution in [0.2, 0.25) is 0 Å². The Labute approximate surface area is 389 Å². The van der Waals surface area contributed by atoms with Crippen molar-refractivity contribution in [3.8, 4) is 56.4 Å². The second kappa shape index (κ2) is 15.1. The van der Waals surface area contributed by atoms with Crippen molar-refractivity contribution in [2.75, 3.05) is 0 Å². The van der Waals surface area contributed by atoms with Crippen LogP contribution < -0.4 is 0 Å². The third-order valence-electron chi connectivity index (χ3n) is 13.3. The molecule has 0 N–H and O–H groups in total. The maximum Gasteiger partial charge on any atom is 0.164 e. The molecule has 314 valence electrons. The zero-order chi connectivity index (χ0) is 44.7. The molecule has 0 saturated heterocycles. The van der Waals surface area contributed by atoms with Gasteiger partial charge in [0.2, 0.25) is 0 Å². The van der Waals surface area contributed by atoms with Gasteiger partial charge < -0.3 is 0 Å². The van der Waals surface area contributed by atoms with Gasteiger partial charge in [-0.15, -0.1) is 0 Å². The number of rotatable bonds is 5. The third-order valence-corrected chi connectivity index (χ3v) is 13.3. The van der Waals surface area contributed by atoms with Crippen LogP contribution in [-0.4, -0.2) is 34.9 Å². The Hall–Kier alpha value is -9.33. The minimum Gasteiger partial charge on any atom is -0.253 e. The normalized spacial score (nSPS) is 11.8. The summed E-state index contributed by atoms with van der Waals surface area (Å²) in [6.45, 7) is 0. The van der Waals surface area contributed by atoms with Gasteiger partial charge in [-0.3, -0.25) is 19.9 Å². The van der Waals surface area contributed by atoms with E-state index in [0.717, 1.165) is 82.6 Å². The van der Waals surface area contributed by atoms with E-state index in [1.807, 2.05) is 0 Å². The summed E-state index contributed by atoms with van der Waals surface area (Å²) in [5.74, 6) is 1.69. The SMILES string of the molecule is c1ccc2c(-c3cc(-c4nc(-c5ccc6cc7nccnc7cc6c5)nc(-c5ccc6cc7nccnc7cc6c5)n4)cc(-c4c5ccccc5cc5ccccc45)c3)c3ccccc3cc2c1. The summed E-state index contributed by atoms with van der Waals surface area (Å²) in [4.78, 5) is 34.5. The summed E-state index contributed by atoms with van der Waals surface area (Å²) < 4.78 is 0. The molecule has 0 unspecified atom stereocenters. The molecule has 0 bridgehead atoms. The Kier molecular flexibility index (Phi) is 8.45. The van der Waals surface area contributed by atoms with Gasteiger partial charge in [0.25, 0.3) is 0 Å². The smallest absolute Gasteiger partial charge is 0.164 e. The average Bonchev–Trinajstić information content (AvgIpc) is 3.39. The Morgan fingerprint density at radius 2 is 0.544 bits per heavy atom. The molecule has 11 aromatic carbocycles. The van der Waals surface area contributed by atoms with Crippen molar-refractivity contribution in [1.29, 1.82) is 0 Å². The zero-order valence-corrected chi connectivity index (χ0v) is 36.3. The maximum absolute atomic E-state index is 5.42. The first-order valence-electron chi connectivity index (χ1n) is 22.7. The molecule has 0 radical (unpaired) electrons.